The highest BCUT2D eigenvalue weighted by Gasteiger charge is 2.19. The van der Waals surface area contributed by atoms with Gasteiger partial charge in [0.15, 0.2) is 0 Å². The summed E-state index contributed by atoms with van der Waals surface area (Å²) in [7, 11) is 3.12. The maximum absolute atomic E-state index is 12.6. The lowest BCUT2D eigenvalue weighted by Crippen LogP contribution is -2.03. The first kappa shape index (κ1) is 15.1. The molecular formula is C15H15BrO3S. The Labute approximate surface area is 130 Å². The molecule has 0 aliphatic rings. The van der Waals surface area contributed by atoms with Crippen LogP contribution in [0.4, 0.5) is 0 Å². The first-order chi connectivity index (χ1) is 9.47. The quantitative estimate of drug-likeness (QED) is 0.764. The SMILES string of the molecule is COc1cc(C(=O)c2cc(C)c(C)s2)c(OC)cc1Br. The van der Waals surface area contributed by atoms with Crippen molar-refractivity contribution in [2.24, 2.45) is 0 Å². The van der Waals surface area contributed by atoms with Gasteiger partial charge in [0.05, 0.1) is 29.1 Å². The van der Waals surface area contributed by atoms with Gasteiger partial charge < -0.3 is 9.47 Å². The van der Waals surface area contributed by atoms with Crippen LogP contribution in [0, 0.1) is 13.8 Å². The summed E-state index contributed by atoms with van der Waals surface area (Å²) in [5.74, 6) is 1.10. The zero-order chi connectivity index (χ0) is 14.9. The summed E-state index contributed by atoms with van der Waals surface area (Å²) in [5, 5.41) is 0. The summed E-state index contributed by atoms with van der Waals surface area (Å²) in [5.41, 5.74) is 1.63. The lowest BCUT2D eigenvalue weighted by molar-refractivity contribution is 0.103. The molecule has 0 aliphatic carbocycles. The molecule has 3 nitrogen and oxygen atoms in total. The highest BCUT2D eigenvalue weighted by atomic mass is 79.9. The zero-order valence-electron chi connectivity index (χ0n) is 11.7. The summed E-state index contributed by atoms with van der Waals surface area (Å²) in [6, 6.07) is 5.37. The van der Waals surface area contributed by atoms with E-state index in [4.69, 9.17) is 9.47 Å². The van der Waals surface area contributed by atoms with Crippen LogP contribution < -0.4 is 9.47 Å². The molecule has 0 aliphatic heterocycles. The average Bonchev–Trinajstić information content (AvgIpc) is 2.77. The Morgan fingerprint density at radius 1 is 1.10 bits per heavy atom. The molecule has 2 aromatic rings. The molecular weight excluding hydrogens is 340 g/mol. The number of halogens is 1. The van der Waals surface area contributed by atoms with E-state index in [1.807, 2.05) is 19.9 Å². The van der Waals surface area contributed by atoms with Gasteiger partial charge in [-0.2, -0.15) is 0 Å². The van der Waals surface area contributed by atoms with E-state index in [1.165, 1.54) is 11.3 Å². The molecule has 0 spiro atoms. The lowest BCUT2D eigenvalue weighted by atomic mass is 10.1. The Morgan fingerprint density at radius 2 is 1.75 bits per heavy atom. The number of hydrogen-bond donors (Lipinski definition) is 0. The standard InChI is InChI=1S/C15H15BrO3S/c1-8-5-14(20-9(8)2)15(17)10-6-13(19-4)11(16)7-12(10)18-3/h5-7H,1-4H3. The van der Waals surface area contributed by atoms with Crippen molar-refractivity contribution < 1.29 is 14.3 Å². The molecule has 106 valence electrons. The first-order valence-corrected chi connectivity index (χ1v) is 7.62. The van der Waals surface area contributed by atoms with Gasteiger partial charge in [-0.15, -0.1) is 11.3 Å². The fourth-order valence-electron chi connectivity index (χ4n) is 1.86. The van der Waals surface area contributed by atoms with Gasteiger partial charge in [-0.05, 0) is 53.5 Å². The van der Waals surface area contributed by atoms with Crippen LogP contribution in [0.3, 0.4) is 0 Å². The van der Waals surface area contributed by atoms with Crippen LogP contribution in [0.15, 0.2) is 22.7 Å². The Morgan fingerprint density at radius 3 is 2.25 bits per heavy atom. The summed E-state index contributed by atoms with van der Waals surface area (Å²) < 4.78 is 11.3. The predicted molar refractivity (Wildman–Crippen MR) is 84.5 cm³/mol. The molecule has 0 atom stereocenters. The first-order valence-electron chi connectivity index (χ1n) is 6.01. The summed E-state index contributed by atoms with van der Waals surface area (Å²) >= 11 is 4.89. The molecule has 0 saturated heterocycles. The Balaban J connectivity index is 2.53. The van der Waals surface area contributed by atoms with Crippen LogP contribution in [-0.4, -0.2) is 20.0 Å². The normalized spacial score (nSPS) is 10.4. The number of benzene rings is 1. The fourth-order valence-corrected chi connectivity index (χ4v) is 3.33. The summed E-state index contributed by atoms with van der Waals surface area (Å²) in [4.78, 5) is 14.5. The van der Waals surface area contributed by atoms with E-state index in [0.29, 0.717) is 21.9 Å². The number of aryl methyl sites for hydroxylation is 2. The maximum atomic E-state index is 12.6. The number of thiophene rings is 1. The number of hydrogen-bond acceptors (Lipinski definition) is 4. The van der Waals surface area contributed by atoms with Crippen molar-refractivity contribution in [3.05, 3.63) is 43.6 Å². The topological polar surface area (TPSA) is 35.5 Å². The fraction of sp³-hybridized carbons (Fsp3) is 0.267. The van der Waals surface area contributed by atoms with E-state index in [-0.39, 0.29) is 5.78 Å². The number of rotatable bonds is 4. The van der Waals surface area contributed by atoms with E-state index in [1.54, 1.807) is 26.4 Å². The van der Waals surface area contributed by atoms with Crippen molar-refractivity contribution in [2.45, 2.75) is 13.8 Å². The van der Waals surface area contributed by atoms with Gasteiger partial charge in [0, 0.05) is 4.88 Å². The molecule has 2 rings (SSSR count). The average molecular weight is 355 g/mol. The van der Waals surface area contributed by atoms with Gasteiger partial charge in [-0.3, -0.25) is 4.79 Å². The van der Waals surface area contributed by atoms with E-state index in [2.05, 4.69) is 15.9 Å². The molecule has 0 amide bonds. The van der Waals surface area contributed by atoms with Gasteiger partial charge in [0.2, 0.25) is 5.78 Å². The van der Waals surface area contributed by atoms with Gasteiger partial charge >= 0.3 is 0 Å². The third-order valence-corrected chi connectivity index (χ3v) is 4.88. The number of ketones is 1. The highest BCUT2D eigenvalue weighted by Crippen LogP contribution is 2.35. The minimum absolute atomic E-state index is 0.0474. The second-order valence-electron chi connectivity index (χ2n) is 4.37. The molecule has 0 unspecified atom stereocenters. The second-order valence-corrected chi connectivity index (χ2v) is 6.48. The Hall–Kier alpha value is -1.33. The van der Waals surface area contributed by atoms with Gasteiger partial charge in [0.1, 0.15) is 11.5 Å². The molecule has 20 heavy (non-hydrogen) atoms. The van der Waals surface area contributed by atoms with Gasteiger partial charge in [0.25, 0.3) is 0 Å². The Bertz CT molecular complexity index is 642. The molecule has 0 bridgehead atoms. The van der Waals surface area contributed by atoms with Crippen LogP contribution in [-0.2, 0) is 0 Å². The number of ether oxygens (including phenoxy) is 2. The van der Waals surface area contributed by atoms with E-state index in [0.717, 1.165) is 14.9 Å². The molecule has 5 heteroatoms. The van der Waals surface area contributed by atoms with Crippen LogP contribution in [0.2, 0.25) is 0 Å². The van der Waals surface area contributed by atoms with E-state index in [9.17, 15) is 4.79 Å². The maximum Gasteiger partial charge on any atom is 0.206 e. The molecule has 1 aromatic carbocycles. The largest absolute Gasteiger partial charge is 0.496 e. The summed E-state index contributed by atoms with van der Waals surface area (Å²) in [6.07, 6.45) is 0. The predicted octanol–water partition coefficient (Wildman–Crippen LogP) is 4.38. The third kappa shape index (κ3) is 2.74. The zero-order valence-corrected chi connectivity index (χ0v) is 14.1. The summed E-state index contributed by atoms with van der Waals surface area (Å²) in [6.45, 7) is 4.01. The number of methoxy groups -OCH3 is 2. The van der Waals surface area contributed by atoms with Crippen molar-refractivity contribution in [1.82, 2.24) is 0 Å². The molecule has 0 fully saturated rings. The van der Waals surface area contributed by atoms with Crippen molar-refractivity contribution in [2.75, 3.05) is 14.2 Å². The minimum Gasteiger partial charge on any atom is -0.496 e. The van der Waals surface area contributed by atoms with Crippen molar-refractivity contribution in [3.63, 3.8) is 0 Å². The monoisotopic (exact) mass is 354 g/mol. The van der Waals surface area contributed by atoms with Crippen LogP contribution in [0.1, 0.15) is 25.7 Å². The molecule has 0 saturated carbocycles. The van der Waals surface area contributed by atoms with Gasteiger partial charge in [-0.1, -0.05) is 0 Å². The third-order valence-electron chi connectivity index (χ3n) is 3.11. The molecule has 0 N–H and O–H groups in total. The van der Waals surface area contributed by atoms with Crippen LogP contribution in [0.5, 0.6) is 11.5 Å². The lowest BCUT2D eigenvalue weighted by Gasteiger charge is -2.10. The van der Waals surface area contributed by atoms with Crippen LogP contribution >= 0.6 is 27.3 Å². The minimum atomic E-state index is -0.0474. The van der Waals surface area contributed by atoms with Crippen LogP contribution in [0.25, 0.3) is 0 Å². The highest BCUT2D eigenvalue weighted by molar-refractivity contribution is 9.10. The Kier molecular flexibility index (Phi) is 4.50. The van der Waals surface area contributed by atoms with Crippen molar-refractivity contribution >= 4 is 33.0 Å². The van der Waals surface area contributed by atoms with E-state index >= 15 is 0 Å². The molecule has 1 heterocycles. The smallest absolute Gasteiger partial charge is 0.206 e. The molecule has 1 aromatic heterocycles. The van der Waals surface area contributed by atoms with Gasteiger partial charge in [-0.25, -0.2) is 0 Å². The molecule has 0 radical (unpaired) electrons. The van der Waals surface area contributed by atoms with Crippen molar-refractivity contribution in [3.8, 4) is 11.5 Å². The van der Waals surface area contributed by atoms with E-state index < -0.39 is 0 Å². The number of carbonyl (C=O) groups excluding carboxylic acids is 1. The second kappa shape index (κ2) is 5.97. The van der Waals surface area contributed by atoms with Crippen molar-refractivity contribution in [1.29, 1.82) is 0 Å². The number of carbonyl (C=O) groups is 1.